The second-order valence-electron chi connectivity index (χ2n) is 4.32. The van der Waals surface area contributed by atoms with Gasteiger partial charge in [0.15, 0.2) is 9.84 Å². The zero-order valence-electron chi connectivity index (χ0n) is 10.7. The topological polar surface area (TPSA) is 78.2 Å². The molecular formula is C13H17NO3S2. The van der Waals surface area contributed by atoms with E-state index < -0.39 is 9.84 Å². The molecule has 6 heteroatoms. The summed E-state index contributed by atoms with van der Waals surface area (Å²) >= 11 is 1.51. The Labute approximate surface area is 118 Å². The third-order valence-corrected chi connectivity index (χ3v) is 5.80. The van der Waals surface area contributed by atoms with Gasteiger partial charge in [-0.25, -0.2) is 8.42 Å². The first kappa shape index (κ1) is 16.0. The predicted octanol–water partition coefficient (Wildman–Crippen LogP) is 1.69. The quantitative estimate of drug-likeness (QED) is 0.775. The highest BCUT2D eigenvalue weighted by Crippen LogP contribution is 2.15. The molecule has 0 saturated heterocycles. The summed E-state index contributed by atoms with van der Waals surface area (Å²) in [5, 5.41) is 17.6. The van der Waals surface area contributed by atoms with Crippen LogP contribution in [-0.4, -0.2) is 37.4 Å². The van der Waals surface area contributed by atoms with Crippen LogP contribution in [0.25, 0.3) is 0 Å². The molecule has 19 heavy (non-hydrogen) atoms. The molecule has 0 saturated carbocycles. The first-order chi connectivity index (χ1) is 8.99. The smallest absolute Gasteiger partial charge is 0.179 e. The Balaban J connectivity index is 2.59. The molecule has 1 aromatic carbocycles. The molecular weight excluding hydrogens is 282 g/mol. The van der Waals surface area contributed by atoms with Gasteiger partial charge >= 0.3 is 0 Å². The van der Waals surface area contributed by atoms with E-state index in [4.69, 9.17) is 10.4 Å². The molecule has 1 aromatic rings. The van der Waals surface area contributed by atoms with Crippen molar-refractivity contribution in [3.63, 3.8) is 0 Å². The molecule has 1 unspecified atom stereocenters. The van der Waals surface area contributed by atoms with Crippen LogP contribution in [0, 0.1) is 17.2 Å². The van der Waals surface area contributed by atoms with Gasteiger partial charge in [0.05, 0.1) is 22.3 Å². The lowest BCUT2D eigenvalue weighted by Gasteiger charge is -2.08. The van der Waals surface area contributed by atoms with Crippen LogP contribution >= 0.6 is 11.8 Å². The number of hydrogen-bond donors (Lipinski definition) is 1. The molecule has 0 fully saturated rings. The van der Waals surface area contributed by atoms with E-state index >= 15 is 0 Å². The Hall–Kier alpha value is -1.03. The number of rotatable bonds is 7. The monoisotopic (exact) mass is 299 g/mol. The van der Waals surface area contributed by atoms with Gasteiger partial charge in [-0.15, -0.1) is 0 Å². The average molecular weight is 299 g/mol. The van der Waals surface area contributed by atoms with Gasteiger partial charge in [-0.05, 0) is 29.9 Å². The molecule has 0 radical (unpaired) electrons. The predicted molar refractivity (Wildman–Crippen MR) is 76.8 cm³/mol. The largest absolute Gasteiger partial charge is 0.396 e. The van der Waals surface area contributed by atoms with Crippen molar-refractivity contribution in [2.45, 2.75) is 11.8 Å². The van der Waals surface area contributed by atoms with Gasteiger partial charge in [-0.3, -0.25) is 0 Å². The fraction of sp³-hybridized carbons (Fsp3) is 0.462. The molecule has 0 aromatic heterocycles. The molecule has 0 aliphatic rings. The Morgan fingerprint density at radius 1 is 1.47 bits per heavy atom. The van der Waals surface area contributed by atoms with Crippen molar-refractivity contribution in [3.8, 4) is 6.07 Å². The maximum atomic E-state index is 12.0. The van der Waals surface area contributed by atoms with Crippen LogP contribution in [0.15, 0.2) is 29.2 Å². The first-order valence-corrected chi connectivity index (χ1v) is 8.72. The lowest BCUT2D eigenvalue weighted by Crippen LogP contribution is -2.11. The zero-order chi connectivity index (χ0) is 14.3. The van der Waals surface area contributed by atoms with Gasteiger partial charge in [-0.2, -0.15) is 17.0 Å². The second-order valence-corrected chi connectivity index (χ2v) is 7.58. The third-order valence-electron chi connectivity index (χ3n) is 2.53. The van der Waals surface area contributed by atoms with Gasteiger partial charge in [0.1, 0.15) is 0 Å². The van der Waals surface area contributed by atoms with Gasteiger partial charge in [0.25, 0.3) is 0 Å². The molecule has 0 spiro atoms. The lowest BCUT2D eigenvalue weighted by molar-refractivity contribution is 0.250. The van der Waals surface area contributed by atoms with E-state index in [1.165, 1.54) is 23.9 Å². The maximum Gasteiger partial charge on any atom is 0.179 e. The van der Waals surface area contributed by atoms with Crippen LogP contribution in [0.2, 0.25) is 0 Å². The van der Waals surface area contributed by atoms with E-state index in [2.05, 4.69) is 0 Å². The first-order valence-electron chi connectivity index (χ1n) is 5.91. The second kappa shape index (κ2) is 7.53. The molecule has 4 nitrogen and oxygen atoms in total. The van der Waals surface area contributed by atoms with Crippen LogP contribution < -0.4 is 0 Å². The van der Waals surface area contributed by atoms with Crippen LogP contribution in [-0.2, 0) is 9.84 Å². The Bertz CT molecular complexity index is 549. The summed E-state index contributed by atoms with van der Waals surface area (Å²) < 4.78 is 24.1. The van der Waals surface area contributed by atoms with Crippen molar-refractivity contribution >= 4 is 21.6 Å². The van der Waals surface area contributed by atoms with Gasteiger partial charge in [0.2, 0.25) is 0 Å². The van der Waals surface area contributed by atoms with Crippen LogP contribution in [0.4, 0.5) is 0 Å². The summed E-state index contributed by atoms with van der Waals surface area (Å²) in [6.45, 7) is 2.03. The molecule has 1 N–H and O–H groups in total. The summed E-state index contributed by atoms with van der Waals surface area (Å²) in [6, 6.07) is 8.00. The van der Waals surface area contributed by atoms with Crippen molar-refractivity contribution in [2.24, 2.45) is 5.92 Å². The molecule has 104 valence electrons. The zero-order valence-corrected chi connectivity index (χ0v) is 12.4. The highest BCUT2D eigenvalue weighted by atomic mass is 32.2. The Kier molecular flexibility index (Phi) is 6.35. The number of benzene rings is 1. The summed E-state index contributed by atoms with van der Waals surface area (Å²) in [4.78, 5) is 0.197. The van der Waals surface area contributed by atoms with Crippen LogP contribution in [0.1, 0.15) is 12.5 Å². The lowest BCUT2D eigenvalue weighted by atomic mass is 10.2. The molecule has 0 amide bonds. The number of hydrogen-bond acceptors (Lipinski definition) is 5. The highest BCUT2D eigenvalue weighted by Gasteiger charge is 2.14. The maximum absolute atomic E-state index is 12.0. The minimum absolute atomic E-state index is 0.0463. The fourth-order valence-electron chi connectivity index (χ4n) is 1.38. The summed E-state index contributed by atoms with van der Waals surface area (Å²) in [7, 11) is -3.33. The number of aliphatic hydroxyl groups excluding tert-OH is 1. The van der Waals surface area contributed by atoms with Crippen LogP contribution in [0.3, 0.4) is 0 Å². The molecule has 1 atom stereocenters. The van der Waals surface area contributed by atoms with E-state index in [0.717, 1.165) is 5.75 Å². The average Bonchev–Trinajstić information content (AvgIpc) is 2.43. The number of nitriles is 1. The van der Waals surface area contributed by atoms with E-state index in [-0.39, 0.29) is 23.2 Å². The van der Waals surface area contributed by atoms with E-state index in [0.29, 0.717) is 11.3 Å². The molecule has 0 aliphatic carbocycles. The normalized spacial score (nSPS) is 12.9. The molecule has 0 aliphatic heterocycles. The molecule has 1 rings (SSSR count). The molecule has 0 bridgehead atoms. The Morgan fingerprint density at radius 2 is 2.21 bits per heavy atom. The standard InChI is InChI=1S/C13H17NO3S2/c1-11(9-15)10-18-5-6-19(16,17)13-4-2-3-12(7-13)8-14/h2-4,7,11,15H,5-6,9-10H2,1H3. The van der Waals surface area contributed by atoms with Crippen molar-refractivity contribution in [1.29, 1.82) is 5.26 Å². The summed E-state index contributed by atoms with van der Waals surface area (Å²) in [5.74, 6) is 1.45. The van der Waals surface area contributed by atoms with E-state index in [1.54, 1.807) is 12.1 Å². The molecule has 0 heterocycles. The van der Waals surface area contributed by atoms with Crippen LogP contribution in [0.5, 0.6) is 0 Å². The third kappa shape index (κ3) is 5.23. The van der Waals surface area contributed by atoms with Gasteiger partial charge in [-0.1, -0.05) is 13.0 Å². The van der Waals surface area contributed by atoms with Gasteiger partial charge < -0.3 is 5.11 Å². The Morgan fingerprint density at radius 3 is 2.84 bits per heavy atom. The number of sulfone groups is 1. The van der Waals surface area contributed by atoms with Crippen molar-refractivity contribution in [3.05, 3.63) is 29.8 Å². The number of nitrogens with zero attached hydrogens (tertiary/aromatic N) is 1. The fourth-order valence-corrected chi connectivity index (χ4v) is 4.23. The number of thioether (sulfide) groups is 1. The van der Waals surface area contributed by atoms with Crippen molar-refractivity contribution < 1.29 is 13.5 Å². The minimum Gasteiger partial charge on any atom is -0.396 e. The van der Waals surface area contributed by atoms with Crippen molar-refractivity contribution in [2.75, 3.05) is 23.9 Å². The van der Waals surface area contributed by atoms with Gasteiger partial charge in [0, 0.05) is 12.4 Å². The van der Waals surface area contributed by atoms with Crippen molar-refractivity contribution in [1.82, 2.24) is 0 Å². The van der Waals surface area contributed by atoms with E-state index in [1.807, 2.05) is 13.0 Å². The SMILES string of the molecule is CC(CO)CSCCS(=O)(=O)c1cccc(C#N)c1. The highest BCUT2D eigenvalue weighted by molar-refractivity contribution is 8.00. The summed E-state index contributed by atoms with van der Waals surface area (Å²) in [5.41, 5.74) is 0.350. The minimum atomic E-state index is -3.33. The van der Waals surface area contributed by atoms with E-state index in [9.17, 15) is 8.42 Å². The number of aliphatic hydroxyl groups is 1. The summed E-state index contributed by atoms with van der Waals surface area (Å²) in [6.07, 6.45) is 0.